The standard InChI is InChI=1S/C24H17FN4O2/c1-13-14(15-8-9-17(23(26)30)21-16(15)10-11-27-21)4-3-7-20(13)29-12-28-22-18(24(29)31)5-2-6-19(22)25/h2-12,27H,1H3,(H2,26,30). The van der Waals surface area contributed by atoms with Gasteiger partial charge in [-0.3, -0.25) is 14.2 Å². The molecule has 0 unspecified atom stereocenters. The molecule has 1 amide bonds. The van der Waals surface area contributed by atoms with E-state index in [9.17, 15) is 14.0 Å². The molecule has 0 saturated heterocycles. The first-order chi connectivity index (χ1) is 15.0. The van der Waals surface area contributed by atoms with Crippen molar-refractivity contribution in [1.82, 2.24) is 14.5 Å². The summed E-state index contributed by atoms with van der Waals surface area (Å²) in [5, 5.41) is 1.06. The number of para-hydroxylation sites is 1. The van der Waals surface area contributed by atoms with Crippen molar-refractivity contribution in [3.05, 3.63) is 94.4 Å². The van der Waals surface area contributed by atoms with Gasteiger partial charge in [0.2, 0.25) is 0 Å². The van der Waals surface area contributed by atoms with Crippen molar-refractivity contribution in [2.45, 2.75) is 6.92 Å². The molecule has 2 heterocycles. The second-order valence-electron chi connectivity index (χ2n) is 7.30. The normalized spacial score (nSPS) is 11.3. The van der Waals surface area contributed by atoms with Gasteiger partial charge in [0.15, 0.2) is 0 Å². The SMILES string of the molecule is Cc1c(-c2ccc(C(N)=O)c3[nH]ccc23)cccc1-n1cnc2c(F)cccc2c1=O. The second kappa shape index (κ2) is 6.91. The zero-order valence-corrected chi connectivity index (χ0v) is 16.5. The van der Waals surface area contributed by atoms with E-state index < -0.39 is 11.7 Å². The molecule has 0 saturated carbocycles. The molecule has 0 spiro atoms. The first-order valence-corrected chi connectivity index (χ1v) is 9.63. The maximum Gasteiger partial charge on any atom is 0.265 e. The Balaban J connectivity index is 1.74. The van der Waals surface area contributed by atoms with Crippen LogP contribution in [0, 0.1) is 12.7 Å². The van der Waals surface area contributed by atoms with Gasteiger partial charge in [0.05, 0.1) is 22.2 Å². The van der Waals surface area contributed by atoms with Crippen molar-refractivity contribution in [2.24, 2.45) is 5.73 Å². The molecule has 0 aliphatic heterocycles. The van der Waals surface area contributed by atoms with Crippen molar-refractivity contribution in [2.75, 3.05) is 0 Å². The Kier molecular flexibility index (Phi) is 4.18. The van der Waals surface area contributed by atoms with Crippen LogP contribution in [0.5, 0.6) is 0 Å². The van der Waals surface area contributed by atoms with Crippen LogP contribution in [0.2, 0.25) is 0 Å². The third kappa shape index (κ3) is 2.82. The summed E-state index contributed by atoms with van der Waals surface area (Å²) in [4.78, 5) is 32.1. The van der Waals surface area contributed by atoms with Gasteiger partial charge >= 0.3 is 0 Å². The van der Waals surface area contributed by atoms with Gasteiger partial charge in [0.25, 0.3) is 11.5 Å². The number of fused-ring (bicyclic) bond motifs is 2. The van der Waals surface area contributed by atoms with Crippen molar-refractivity contribution < 1.29 is 9.18 Å². The molecule has 5 rings (SSSR count). The maximum atomic E-state index is 14.0. The molecule has 7 heteroatoms. The Hall–Kier alpha value is -4.26. The molecule has 2 aromatic heterocycles. The first kappa shape index (κ1) is 18.7. The van der Waals surface area contributed by atoms with Gasteiger partial charge in [-0.2, -0.15) is 0 Å². The minimum atomic E-state index is -0.531. The number of primary amides is 1. The van der Waals surface area contributed by atoms with Crippen LogP contribution in [-0.2, 0) is 0 Å². The number of benzene rings is 3. The van der Waals surface area contributed by atoms with E-state index in [0.29, 0.717) is 16.8 Å². The predicted molar refractivity (Wildman–Crippen MR) is 118 cm³/mol. The highest BCUT2D eigenvalue weighted by atomic mass is 19.1. The summed E-state index contributed by atoms with van der Waals surface area (Å²) in [5.74, 6) is -1.04. The number of aromatic nitrogens is 3. The molecule has 0 aliphatic rings. The molecule has 3 aromatic carbocycles. The third-order valence-corrected chi connectivity index (χ3v) is 5.58. The van der Waals surface area contributed by atoms with Crippen LogP contribution in [0.1, 0.15) is 15.9 Å². The summed E-state index contributed by atoms with van der Waals surface area (Å²) in [5.41, 5.74) is 9.55. The summed E-state index contributed by atoms with van der Waals surface area (Å²) < 4.78 is 15.4. The number of carbonyl (C=O) groups excluding carboxylic acids is 1. The highest BCUT2D eigenvalue weighted by Gasteiger charge is 2.16. The van der Waals surface area contributed by atoms with Crippen LogP contribution in [0.4, 0.5) is 4.39 Å². The van der Waals surface area contributed by atoms with Crippen molar-refractivity contribution in [3.8, 4) is 16.8 Å². The van der Waals surface area contributed by atoms with E-state index in [4.69, 9.17) is 5.73 Å². The lowest BCUT2D eigenvalue weighted by molar-refractivity contribution is 0.100. The molecule has 0 bridgehead atoms. The number of nitrogens with one attached hydrogen (secondary N) is 1. The summed E-state index contributed by atoms with van der Waals surface area (Å²) in [6.07, 6.45) is 3.11. The van der Waals surface area contributed by atoms with E-state index in [1.165, 1.54) is 23.0 Å². The van der Waals surface area contributed by atoms with E-state index in [1.807, 2.05) is 37.3 Å². The molecule has 152 valence electrons. The van der Waals surface area contributed by atoms with Crippen LogP contribution in [0.25, 0.3) is 38.6 Å². The summed E-state index contributed by atoms with van der Waals surface area (Å²) in [6.45, 7) is 1.91. The van der Waals surface area contributed by atoms with Gasteiger partial charge in [0.1, 0.15) is 17.7 Å². The largest absolute Gasteiger partial charge is 0.366 e. The number of nitrogens with two attached hydrogens (primary N) is 1. The van der Waals surface area contributed by atoms with Gasteiger partial charge in [-0.25, -0.2) is 9.37 Å². The fraction of sp³-hybridized carbons (Fsp3) is 0.0417. The fourth-order valence-electron chi connectivity index (χ4n) is 4.06. The van der Waals surface area contributed by atoms with Crippen molar-refractivity contribution in [3.63, 3.8) is 0 Å². The number of carbonyl (C=O) groups is 1. The highest BCUT2D eigenvalue weighted by molar-refractivity contribution is 6.09. The van der Waals surface area contributed by atoms with Crippen molar-refractivity contribution in [1.29, 1.82) is 0 Å². The number of amides is 1. The lowest BCUT2D eigenvalue weighted by Crippen LogP contribution is -2.20. The van der Waals surface area contributed by atoms with Gasteiger partial charge in [-0.15, -0.1) is 0 Å². The van der Waals surface area contributed by atoms with Gasteiger partial charge in [-0.05, 0) is 53.9 Å². The van der Waals surface area contributed by atoms with Crippen molar-refractivity contribution >= 4 is 27.7 Å². The molecule has 31 heavy (non-hydrogen) atoms. The molecule has 3 N–H and O–H groups in total. The van der Waals surface area contributed by atoms with E-state index in [0.717, 1.165) is 22.1 Å². The van der Waals surface area contributed by atoms with Gasteiger partial charge < -0.3 is 10.7 Å². The Morgan fingerprint density at radius 3 is 2.65 bits per heavy atom. The zero-order valence-electron chi connectivity index (χ0n) is 16.5. The Morgan fingerprint density at radius 2 is 1.84 bits per heavy atom. The van der Waals surface area contributed by atoms with Crippen LogP contribution in [-0.4, -0.2) is 20.4 Å². The zero-order chi connectivity index (χ0) is 21.7. The molecule has 0 atom stereocenters. The van der Waals surface area contributed by atoms with Gasteiger partial charge in [-0.1, -0.05) is 24.3 Å². The smallest absolute Gasteiger partial charge is 0.265 e. The minimum absolute atomic E-state index is 0.0497. The highest BCUT2D eigenvalue weighted by Crippen LogP contribution is 2.34. The summed E-state index contributed by atoms with van der Waals surface area (Å²) in [6, 6.07) is 15.4. The molecule has 6 nitrogen and oxygen atoms in total. The number of hydrogen-bond donors (Lipinski definition) is 2. The Morgan fingerprint density at radius 1 is 1.03 bits per heavy atom. The Labute approximate surface area is 175 Å². The fourth-order valence-corrected chi connectivity index (χ4v) is 4.06. The number of aromatic amines is 1. The van der Waals surface area contributed by atoms with Crippen LogP contribution in [0.3, 0.4) is 0 Å². The average molecular weight is 412 g/mol. The van der Waals surface area contributed by atoms with Gasteiger partial charge in [0, 0.05) is 11.6 Å². The molecular weight excluding hydrogens is 395 g/mol. The minimum Gasteiger partial charge on any atom is -0.366 e. The molecule has 5 aromatic rings. The first-order valence-electron chi connectivity index (χ1n) is 9.63. The number of nitrogens with zero attached hydrogens (tertiary/aromatic N) is 2. The van der Waals surface area contributed by atoms with E-state index in [1.54, 1.807) is 18.3 Å². The quantitative estimate of drug-likeness (QED) is 0.468. The van der Waals surface area contributed by atoms with E-state index in [-0.39, 0.29) is 16.5 Å². The summed E-state index contributed by atoms with van der Waals surface area (Å²) in [7, 11) is 0. The monoisotopic (exact) mass is 412 g/mol. The van der Waals surface area contributed by atoms with Crippen LogP contribution >= 0.6 is 0 Å². The number of hydrogen-bond acceptors (Lipinski definition) is 3. The third-order valence-electron chi connectivity index (χ3n) is 5.58. The number of rotatable bonds is 3. The molecule has 0 radical (unpaired) electrons. The number of halogens is 1. The topological polar surface area (TPSA) is 93.8 Å². The van der Waals surface area contributed by atoms with E-state index >= 15 is 0 Å². The summed E-state index contributed by atoms with van der Waals surface area (Å²) >= 11 is 0. The lowest BCUT2D eigenvalue weighted by Gasteiger charge is -2.15. The lowest BCUT2D eigenvalue weighted by atomic mass is 9.94. The maximum absolute atomic E-state index is 14.0. The average Bonchev–Trinajstić information content (AvgIpc) is 3.24. The second-order valence-corrected chi connectivity index (χ2v) is 7.30. The Bertz CT molecular complexity index is 1570. The molecule has 0 aliphatic carbocycles. The van der Waals surface area contributed by atoms with E-state index in [2.05, 4.69) is 9.97 Å². The molecule has 0 fully saturated rings. The predicted octanol–water partition coefficient (Wildman–Crippen LogP) is 4.08. The van der Waals surface area contributed by atoms with Crippen LogP contribution < -0.4 is 11.3 Å². The van der Waals surface area contributed by atoms with Crippen LogP contribution in [0.15, 0.2) is 71.9 Å². The number of H-pyrrole nitrogens is 1. The molecular formula is C24H17FN4O2.